The highest BCUT2D eigenvalue weighted by atomic mass is 19.4. The van der Waals surface area contributed by atoms with E-state index in [0.717, 1.165) is 6.07 Å². The highest BCUT2D eigenvalue weighted by molar-refractivity contribution is 5.85. The number of ether oxygens (including phenoxy) is 2. The molecule has 5 nitrogen and oxygen atoms in total. The first kappa shape index (κ1) is 23.2. The maximum absolute atomic E-state index is 13.0. The Bertz CT molecular complexity index is 950. The lowest BCUT2D eigenvalue weighted by Crippen LogP contribution is -2.15. The summed E-state index contributed by atoms with van der Waals surface area (Å²) in [6.45, 7) is 5.12. The van der Waals surface area contributed by atoms with Crippen LogP contribution in [0.3, 0.4) is 0 Å². The molecule has 0 saturated carbocycles. The number of carbonyl (C=O) groups is 1. The van der Waals surface area contributed by atoms with Gasteiger partial charge in [0.25, 0.3) is 0 Å². The molecule has 1 unspecified atom stereocenters. The molecule has 0 aliphatic heterocycles. The minimum absolute atomic E-state index is 0.0999. The van der Waals surface area contributed by atoms with Gasteiger partial charge in [-0.2, -0.15) is 18.4 Å². The van der Waals surface area contributed by atoms with Crippen molar-refractivity contribution in [3.8, 4) is 17.7 Å². The number of ketones is 1. The summed E-state index contributed by atoms with van der Waals surface area (Å²) in [5.41, 5.74) is 0.466. The molecular formula is C22H23F3N2O3. The fourth-order valence-corrected chi connectivity index (χ4v) is 2.87. The molecule has 2 rings (SSSR count). The van der Waals surface area contributed by atoms with Crippen molar-refractivity contribution in [2.75, 3.05) is 7.11 Å². The van der Waals surface area contributed by atoms with Gasteiger partial charge >= 0.3 is 6.18 Å². The Balaban J connectivity index is 2.18. The van der Waals surface area contributed by atoms with E-state index in [1.54, 1.807) is 39.0 Å². The molecule has 1 aromatic carbocycles. The highest BCUT2D eigenvalue weighted by Gasteiger charge is 2.33. The molecule has 1 atom stereocenters. The van der Waals surface area contributed by atoms with Crippen LogP contribution in [0.1, 0.15) is 55.5 Å². The molecule has 30 heavy (non-hydrogen) atoms. The number of hydrogen-bond donors (Lipinski definition) is 0. The molecule has 0 radical (unpaired) electrons. The largest absolute Gasteiger partial charge is 0.495 e. The zero-order valence-corrected chi connectivity index (χ0v) is 17.2. The predicted molar refractivity (Wildman–Crippen MR) is 104 cm³/mol. The topological polar surface area (TPSA) is 72.2 Å². The van der Waals surface area contributed by atoms with Crippen molar-refractivity contribution in [3.63, 3.8) is 0 Å². The van der Waals surface area contributed by atoms with Gasteiger partial charge < -0.3 is 9.47 Å². The average molecular weight is 420 g/mol. The second-order valence-corrected chi connectivity index (χ2v) is 7.08. The highest BCUT2D eigenvalue weighted by Crippen LogP contribution is 2.31. The van der Waals surface area contributed by atoms with Gasteiger partial charge in [-0.1, -0.05) is 19.1 Å². The summed E-state index contributed by atoms with van der Waals surface area (Å²) in [4.78, 5) is 16.3. The molecule has 1 heterocycles. The van der Waals surface area contributed by atoms with Crippen LogP contribution in [0.25, 0.3) is 0 Å². The second-order valence-electron chi connectivity index (χ2n) is 7.08. The van der Waals surface area contributed by atoms with Crippen LogP contribution in [0.4, 0.5) is 13.2 Å². The van der Waals surface area contributed by atoms with Crippen molar-refractivity contribution in [1.82, 2.24) is 4.98 Å². The molecule has 8 heteroatoms. The lowest BCUT2D eigenvalue weighted by atomic mass is 9.92. The summed E-state index contributed by atoms with van der Waals surface area (Å²) < 4.78 is 49.5. The van der Waals surface area contributed by atoms with E-state index in [4.69, 9.17) is 14.7 Å². The molecule has 0 aliphatic carbocycles. The Morgan fingerprint density at radius 1 is 1.20 bits per heavy atom. The maximum Gasteiger partial charge on any atom is 0.433 e. The maximum atomic E-state index is 13.0. The van der Waals surface area contributed by atoms with Gasteiger partial charge in [0.05, 0.1) is 18.8 Å². The molecule has 0 spiro atoms. The third kappa shape index (κ3) is 5.72. The van der Waals surface area contributed by atoms with E-state index in [1.165, 1.54) is 13.2 Å². The van der Waals surface area contributed by atoms with Crippen LogP contribution < -0.4 is 9.47 Å². The number of nitrogens with zero attached hydrogens (tertiary/aromatic N) is 2. The Hall–Kier alpha value is -3.08. The zero-order valence-electron chi connectivity index (χ0n) is 17.2. The zero-order chi connectivity index (χ0) is 22.5. The number of rotatable bonds is 8. The van der Waals surface area contributed by atoms with E-state index in [-0.39, 0.29) is 30.6 Å². The average Bonchev–Trinajstić information content (AvgIpc) is 2.70. The third-order valence-electron chi connectivity index (χ3n) is 4.55. The number of nitriles is 1. The van der Waals surface area contributed by atoms with E-state index < -0.39 is 17.8 Å². The van der Waals surface area contributed by atoms with E-state index in [0.29, 0.717) is 22.4 Å². The van der Waals surface area contributed by atoms with Crippen molar-refractivity contribution < 1.29 is 27.4 Å². The molecule has 0 bridgehead atoms. The fraction of sp³-hybridized carbons (Fsp3) is 0.409. The standard InChI is InChI=1S/C22H23F3N2O3/c1-13(2)30-21-15(8-10-20(27-21)22(23,24)25)7-9-18(28)14(3)16-5-6-17(12-26)19(11-16)29-4/h5-6,8,10-11,13-14H,7,9H2,1-4H3. The number of aryl methyl sites for hydroxylation is 1. The van der Waals surface area contributed by atoms with Gasteiger partial charge in [0.2, 0.25) is 5.88 Å². The molecule has 0 fully saturated rings. The number of aromatic nitrogens is 1. The van der Waals surface area contributed by atoms with Crippen molar-refractivity contribution >= 4 is 5.78 Å². The third-order valence-corrected chi connectivity index (χ3v) is 4.55. The number of hydrogen-bond acceptors (Lipinski definition) is 5. The number of pyridine rings is 1. The molecular weight excluding hydrogens is 397 g/mol. The van der Waals surface area contributed by atoms with Crippen molar-refractivity contribution in [1.29, 1.82) is 5.26 Å². The van der Waals surface area contributed by atoms with Crippen LogP contribution >= 0.6 is 0 Å². The molecule has 1 aromatic heterocycles. The van der Waals surface area contributed by atoms with E-state index in [9.17, 15) is 18.0 Å². The minimum Gasteiger partial charge on any atom is -0.495 e. The van der Waals surface area contributed by atoms with Gasteiger partial charge in [0, 0.05) is 17.9 Å². The molecule has 0 aliphatic rings. The summed E-state index contributed by atoms with van der Waals surface area (Å²) in [6, 6.07) is 9.13. The predicted octanol–water partition coefficient (Wildman–Crippen LogP) is 5.07. The Morgan fingerprint density at radius 3 is 2.47 bits per heavy atom. The van der Waals surface area contributed by atoms with Crippen LogP contribution in [-0.2, 0) is 17.4 Å². The number of methoxy groups -OCH3 is 1. The van der Waals surface area contributed by atoms with Crippen LogP contribution in [-0.4, -0.2) is 24.0 Å². The van der Waals surface area contributed by atoms with Gasteiger partial charge in [-0.25, -0.2) is 4.98 Å². The van der Waals surface area contributed by atoms with Gasteiger partial charge in [-0.3, -0.25) is 4.79 Å². The van der Waals surface area contributed by atoms with E-state index >= 15 is 0 Å². The van der Waals surface area contributed by atoms with Gasteiger partial charge in [-0.05, 0) is 44.0 Å². The van der Waals surface area contributed by atoms with Gasteiger partial charge in [0.15, 0.2) is 0 Å². The lowest BCUT2D eigenvalue weighted by Gasteiger charge is -2.16. The van der Waals surface area contributed by atoms with Crippen molar-refractivity contribution in [3.05, 3.63) is 52.7 Å². The number of halogens is 3. The van der Waals surface area contributed by atoms with E-state index in [2.05, 4.69) is 4.98 Å². The lowest BCUT2D eigenvalue weighted by molar-refractivity contribution is -0.141. The summed E-state index contributed by atoms with van der Waals surface area (Å²) >= 11 is 0. The first-order valence-corrected chi connectivity index (χ1v) is 9.41. The molecule has 0 amide bonds. The fourth-order valence-electron chi connectivity index (χ4n) is 2.87. The Morgan fingerprint density at radius 2 is 1.90 bits per heavy atom. The number of Topliss-reactive ketones (excluding diaryl/α,β-unsaturated/α-hetero) is 1. The second kappa shape index (κ2) is 9.61. The van der Waals surface area contributed by atoms with Crippen molar-refractivity contribution in [2.24, 2.45) is 0 Å². The molecule has 2 aromatic rings. The first-order chi connectivity index (χ1) is 14.1. The van der Waals surface area contributed by atoms with Gasteiger partial charge in [0.1, 0.15) is 23.3 Å². The van der Waals surface area contributed by atoms with Crippen LogP contribution in [0.5, 0.6) is 11.6 Å². The molecule has 0 N–H and O–H groups in total. The summed E-state index contributed by atoms with van der Waals surface area (Å²) in [6.07, 6.45) is -4.64. The number of carbonyl (C=O) groups excluding carboxylic acids is 1. The Labute approximate surface area is 173 Å². The molecule has 0 saturated heterocycles. The van der Waals surface area contributed by atoms with Crippen LogP contribution in [0.15, 0.2) is 30.3 Å². The monoisotopic (exact) mass is 420 g/mol. The van der Waals surface area contributed by atoms with Crippen LogP contribution in [0, 0.1) is 11.3 Å². The number of benzene rings is 1. The smallest absolute Gasteiger partial charge is 0.433 e. The number of alkyl halides is 3. The minimum atomic E-state index is -4.58. The van der Waals surface area contributed by atoms with Crippen LogP contribution in [0.2, 0.25) is 0 Å². The SMILES string of the molecule is COc1cc(C(C)C(=O)CCc2ccc(C(F)(F)F)nc2OC(C)C)ccc1C#N. The Kier molecular flexibility index (Phi) is 7.43. The van der Waals surface area contributed by atoms with Gasteiger partial charge in [-0.15, -0.1) is 0 Å². The van der Waals surface area contributed by atoms with Crippen molar-refractivity contribution in [2.45, 2.75) is 51.8 Å². The normalized spacial score (nSPS) is 12.4. The summed E-state index contributed by atoms with van der Waals surface area (Å²) in [5, 5.41) is 9.07. The summed E-state index contributed by atoms with van der Waals surface area (Å²) in [5.74, 6) is -0.296. The van der Waals surface area contributed by atoms with E-state index in [1.807, 2.05) is 6.07 Å². The molecule has 160 valence electrons. The first-order valence-electron chi connectivity index (χ1n) is 9.41. The summed E-state index contributed by atoms with van der Waals surface area (Å²) in [7, 11) is 1.44. The quantitative estimate of drug-likeness (QED) is 0.596.